The van der Waals surface area contributed by atoms with Crippen molar-refractivity contribution in [2.24, 2.45) is 5.92 Å². The van der Waals surface area contributed by atoms with Gasteiger partial charge in [-0.15, -0.1) is 0 Å². The third kappa shape index (κ3) is 5.99. The largest absolute Gasteiger partial charge is 0.480 e. The molecule has 2 N–H and O–H groups in total. The molecule has 0 aliphatic heterocycles. The standard InChI is InChI=1S/C15H25N3O3/c1-11(2)8-12(9-17(3)4)16-15(21)13-6-5-7-18(13)10-14(19)20/h5-7,11-12H,8-10H2,1-4H3,(H,16,21)(H,19,20). The van der Waals surface area contributed by atoms with Crippen LogP contribution in [0.15, 0.2) is 18.3 Å². The Morgan fingerprint density at radius 1 is 1.38 bits per heavy atom. The first kappa shape index (κ1) is 17.2. The fourth-order valence-corrected chi connectivity index (χ4v) is 2.35. The van der Waals surface area contributed by atoms with Gasteiger partial charge in [0.05, 0.1) is 0 Å². The summed E-state index contributed by atoms with van der Waals surface area (Å²) in [4.78, 5) is 25.2. The Hall–Kier alpha value is -1.82. The van der Waals surface area contributed by atoms with Crippen LogP contribution < -0.4 is 5.32 Å². The minimum Gasteiger partial charge on any atom is -0.480 e. The average molecular weight is 295 g/mol. The molecule has 0 aliphatic carbocycles. The Morgan fingerprint density at radius 3 is 2.57 bits per heavy atom. The number of likely N-dealkylation sites (N-methyl/N-ethyl adjacent to an activating group) is 1. The first-order valence-corrected chi connectivity index (χ1v) is 7.12. The summed E-state index contributed by atoms with van der Waals surface area (Å²) in [5, 5.41) is 11.9. The van der Waals surface area contributed by atoms with Gasteiger partial charge in [-0.1, -0.05) is 13.8 Å². The zero-order valence-electron chi connectivity index (χ0n) is 13.2. The highest BCUT2D eigenvalue weighted by Gasteiger charge is 2.18. The van der Waals surface area contributed by atoms with Crippen LogP contribution in [-0.4, -0.2) is 53.1 Å². The van der Waals surface area contributed by atoms with Crippen molar-refractivity contribution in [1.82, 2.24) is 14.8 Å². The number of nitrogens with one attached hydrogen (secondary N) is 1. The third-order valence-corrected chi connectivity index (χ3v) is 3.04. The van der Waals surface area contributed by atoms with Crippen LogP contribution in [0.4, 0.5) is 0 Å². The van der Waals surface area contributed by atoms with Crippen LogP contribution in [0.2, 0.25) is 0 Å². The van der Waals surface area contributed by atoms with Crippen molar-refractivity contribution in [3.8, 4) is 0 Å². The van der Waals surface area contributed by atoms with Crippen LogP contribution in [0.3, 0.4) is 0 Å². The molecule has 1 amide bonds. The van der Waals surface area contributed by atoms with Crippen molar-refractivity contribution in [3.05, 3.63) is 24.0 Å². The topological polar surface area (TPSA) is 74.6 Å². The smallest absolute Gasteiger partial charge is 0.323 e. The van der Waals surface area contributed by atoms with Crippen molar-refractivity contribution in [1.29, 1.82) is 0 Å². The van der Waals surface area contributed by atoms with E-state index in [4.69, 9.17) is 5.11 Å². The van der Waals surface area contributed by atoms with E-state index in [2.05, 4.69) is 19.2 Å². The molecule has 6 heteroatoms. The maximum Gasteiger partial charge on any atom is 0.323 e. The maximum atomic E-state index is 12.3. The van der Waals surface area contributed by atoms with Crippen molar-refractivity contribution in [2.45, 2.75) is 32.9 Å². The van der Waals surface area contributed by atoms with E-state index in [0.29, 0.717) is 11.6 Å². The molecule has 1 atom stereocenters. The molecule has 21 heavy (non-hydrogen) atoms. The fraction of sp³-hybridized carbons (Fsp3) is 0.600. The summed E-state index contributed by atoms with van der Waals surface area (Å²) in [6.07, 6.45) is 2.48. The number of carboxylic acid groups (broad SMARTS) is 1. The van der Waals surface area contributed by atoms with Gasteiger partial charge in [0.15, 0.2) is 0 Å². The molecule has 1 unspecified atom stereocenters. The molecule has 0 aliphatic rings. The number of carboxylic acids is 1. The Morgan fingerprint density at radius 2 is 2.05 bits per heavy atom. The zero-order valence-corrected chi connectivity index (χ0v) is 13.2. The summed E-state index contributed by atoms with van der Waals surface area (Å²) in [5.74, 6) is -0.720. The summed E-state index contributed by atoms with van der Waals surface area (Å²) >= 11 is 0. The second-order valence-electron chi connectivity index (χ2n) is 5.98. The molecule has 0 aromatic carbocycles. The molecule has 0 bridgehead atoms. The van der Waals surface area contributed by atoms with E-state index in [-0.39, 0.29) is 18.5 Å². The number of rotatable bonds is 8. The van der Waals surface area contributed by atoms with Gasteiger partial charge in [0.1, 0.15) is 12.2 Å². The molecule has 6 nitrogen and oxygen atoms in total. The lowest BCUT2D eigenvalue weighted by atomic mass is 10.0. The summed E-state index contributed by atoms with van der Waals surface area (Å²) < 4.78 is 1.44. The number of hydrogen-bond donors (Lipinski definition) is 2. The Kier molecular flexibility index (Phi) is 6.42. The van der Waals surface area contributed by atoms with Crippen molar-refractivity contribution < 1.29 is 14.7 Å². The van der Waals surface area contributed by atoms with E-state index >= 15 is 0 Å². The second-order valence-corrected chi connectivity index (χ2v) is 5.98. The molecule has 1 heterocycles. The van der Waals surface area contributed by atoms with Gasteiger partial charge in [0.25, 0.3) is 5.91 Å². The molecule has 0 fully saturated rings. The van der Waals surface area contributed by atoms with Crippen LogP contribution in [0, 0.1) is 5.92 Å². The average Bonchev–Trinajstić information content (AvgIpc) is 2.73. The van der Waals surface area contributed by atoms with E-state index < -0.39 is 5.97 Å². The number of hydrogen-bond acceptors (Lipinski definition) is 3. The zero-order chi connectivity index (χ0) is 16.0. The number of carbonyl (C=O) groups is 2. The fourth-order valence-electron chi connectivity index (χ4n) is 2.35. The van der Waals surface area contributed by atoms with Crippen LogP contribution in [-0.2, 0) is 11.3 Å². The number of aliphatic carboxylic acids is 1. The van der Waals surface area contributed by atoms with Crippen LogP contribution in [0.5, 0.6) is 0 Å². The van der Waals surface area contributed by atoms with Gasteiger partial charge in [-0.3, -0.25) is 9.59 Å². The minimum atomic E-state index is -0.965. The van der Waals surface area contributed by atoms with Gasteiger partial charge in [-0.25, -0.2) is 0 Å². The maximum absolute atomic E-state index is 12.3. The molecule has 1 aromatic rings. The van der Waals surface area contributed by atoms with Gasteiger partial charge in [0.2, 0.25) is 0 Å². The highest BCUT2D eigenvalue weighted by molar-refractivity contribution is 5.93. The molecule has 0 radical (unpaired) electrons. The van der Waals surface area contributed by atoms with E-state index in [1.54, 1.807) is 18.3 Å². The summed E-state index contributed by atoms with van der Waals surface area (Å²) in [7, 11) is 3.93. The predicted octanol–water partition coefficient (Wildman–Crippen LogP) is 1.28. The van der Waals surface area contributed by atoms with Crippen LogP contribution >= 0.6 is 0 Å². The number of carbonyl (C=O) groups excluding carboxylic acids is 1. The molecule has 118 valence electrons. The first-order valence-electron chi connectivity index (χ1n) is 7.12. The van der Waals surface area contributed by atoms with Gasteiger partial charge in [0, 0.05) is 18.8 Å². The Bertz CT molecular complexity index is 470. The number of nitrogens with zero attached hydrogens (tertiary/aromatic N) is 2. The number of aromatic nitrogens is 1. The van der Waals surface area contributed by atoms with Crippen LogP contribution in [0.1, 0.15) is 30.8 Å². The number of amides is 1. The summed E-state index contributed by atoms with van der Waals surface area (Å²) in [6.45, 7) is 4.77. The predicted molar refractivity (Wildman–Crippen MR) is 81.3 cm³/mol. The monoisotopic (exact) mass is 295 g/mol. The molecule has 1 aromatic heterocycles. The van der Waals surface area contributed by atoms with Crippen molar-refractivity contribution >= 4 is 11.9 Å². The summed E-state index contributed by atoms with van der Waals surface area (Å²) in [5.41, 5.74) is 0.380. The third-order valence-electron chi connectivity index (χ3n) is 3.04. The SMILES string of the molecule is CC(C)CC(CN(C)C)NC(=O)c1cccn1CC(=O)O. The molecule has 0 saturated carbocycles. The lowest BCUT2D eigenvalue weighted by Gasteiger charge is -2.24. The Labute approximate surface area is 125 Å². The lowest BCUT2D eigenvalue weighted by Crippen LogP contribution is -2.43. The normalized spacial score (nSPS) is 12.7. The molecular formula is C15H25N3O3. The van der Waals surface area contributed by atoms with E-state index in [9.17, 15) is 9.59 Å². The van der Waals surface area contributed by atoms with E-state index in [0.717, 1.165) is 13.0 Å². The van der Waals surface area contributed by atoms with Gasteiger partial charge < -0.3 is 19.9 Å². The minimum absolute atomic E-state index is 0.0423. The van der Waals surface area contributed by atoms with Crippen molar-refractivity contribution in [3.63, 3.8) is 0 Å². The van der Waals surface area contributed by atoms with Crippen molar-refractivity contribution in [2.75, 3.05) is 20.6 Å². The summed E-state index contributed by atoms with van der Waals surface area (Å²) in [6, 6.07) is 3.36. The molecule has 0 saturated heterocycles. The Balaban J connectivity index is 2.76. The van der Waals surface area contributed by atoms with E-state index in [1.807, 2.05) is 19.0 Å². The highest BCUT2D eigenvalue weighted by Crippen LogP contribution is 2.08. The van der Waals surface area contributed by atoms with Crippen LogP contribution in [0.25, 0.3) is 0 Å². The van der Waals surface area contributed by atoms with Gasteiger partial charge in [-0.05, 0) is 38.6 Å². The highest BCUT2D eigenvalue weighted by atomic mass is 16.4. The van der Waals surface area contributed by atoms with Gasteiger partial charge >= 0.3 is 5.97 Å². The molecule has 0 spiro atoms. The quantitative estimate of drug-likeness (QED) is 0.757. The molecule has 1 rings (SSSR count). The first-order chi connectivity index (χ1) is 9.79. The lowest BCUT2D eigenvalue weighted by molar-refractivity contribution is -0.137. The molecular weight excluding hydrogens is 270 g/mol. The van der Waals surface area contributed by atoms with E-state index in [1.165, 1.54) is 4.57 Å². The second kappa shape index (κ2) is 7.83. The van der Waals surface area contributed by atoms with Gasteiger partial charge in [-0.2, -0.15) is 0 Å².